The van der Waals surface area contributed by atoms with Crippen LogP contribution in [-0.2, 0) is 6.42 Å². The molecule has 100 valence electrons. The highest BCUT2D eigenvalue weighted by molar-refractivity contribution is 5.16. The van der Waals surface area contributed by atoms with Crippen LogP contribution in [0.4, 0.5) is 13.2 Å². The Morgan fingerprint density at radius 3 is 2.61 bits per heavy atom. The second-order valence-electron chi connectivity index (χ2n) is 4.96. The van der Waals surface area contributed by atoms with Crippen molar-refractivity contribution in [3.63, 3.8) is 0 Å². The van der Waals surface area contributed by atoms with Gasteiger partial charge in [0.15, 0.2) is 0 Å². The van der Waals surface area contributed by atoms with Gasteiger partial charge in [0.25, 0.3) is 0 Å². The van der Waals surface area contributed by atoms with Gasteiger partial charge in [0, 0.05) is 18.9 Å². The molecule has 0 heterocycles. The van der Waals surface area contributed by atoms with Crippen LogP contribution in [-0.4, -0.2) is 18.5 Å². The van der Waals surface area contributed by atoms with Crippen molar-refractivity contribution < 1.29 is 13.2 Å². The lowest BCUT2D eigenvalue weighted by atomic mass is 9.92. The number of hydrogen-bond donors (Lipinski definition) is 1. The summed E-state index contributed by atoms with van der Waals surface area (Å²) in [5.41, 5.74) is 0.934. The highest BCUT2D eigenvalue weighted by Gasteiger charge is 2.34. The minimum Gasteiger partial charge on any atom is -0.314 e. The monoisotopic (exact) mass is 257 g/mol. The molecule has 0 atom stereocenters. The zero-order valence-electron chi connectivity index (χ0n) is 10.3. The van der Waals surface area contributed by atoms with Gasteiger partial charge in [0.2, 0.25) is 5.92 Å². The van der Waals surface area contributed by atoms with E-state index in [1.165, 1.54) is 12.1 Å². The predicted molar refractivity (Wildman–Crippen MR) is 65.3 cm³/mol. The van der Waals surface area contributed by atoms with Gasteiger partial charge in [-0.15, -0.1) is 0 Å². The fourth-order valence-electron chi connectivity index (χ4n) is 2.36. The van der Waals surface area contributed by atoms with Crippen LogP contribution < -0.4 is 5.32 Å². The van der Waals surface area contributed by atoms with Gasteiger partial charge in [-0.3, -0.25) is 0 Å². The van der Waals surface area contributed by atoms with Crippen LogP contribution in [0, 0.1) is 5.82 Å². The van der Waals surface area contributed by atoms with Crippen LogP contribution >= 0.6 is 0 Å². The van der Waals surface area contributed by atoms with Gasteiger partial charge in [-0.1, -0.05) is 12.1 Å². The molecule has 0 radical (unpaired) electrons. The second-order valence-corrected chi connectivity index (χ2v) is 4.96. The van der Waals surface area contributed by atoms with Crippen LogP contribution in [0.3, 0.4) is 0 Å². The first kappa shape index (κ1) is 13.4. The Labute approximate surface area is 105 Å². The molecule has 0 unspecified atom stereocenters. The standard InChI is InChI=1S/C14H18F3N/c15-12-3-1-2-11(10-12)6-9-18-13-4-7-14(16,17)8-5-13/h1-3,10,13,18H,4-9H2. The maximum atomic E-state index is 12.9. The Morgan fingerprint density at radius 2 is 1.94 bits per heavy atom. The van der Waals surface area contributed by atoms with E-state index in [1.54, 1.807) is 6.07 Å². The summed E-state index contributed by atoms with van der Waals surface area (Å²) < 4.78 is 38.8. The highest BCUT2D eigenvalue weighted by atomic mass is 19.3. The lowest BCUT2D eigenvalue weighted by Crippen LogP contribution is -2.37. The van der Waals surface area contributed by atoms with Crippen LogP contribution in [0.2, 0.25) is 0 Å². The third-order valence-electron chi connectivity index (χ3n) is 3.45. The summed E-state index contributed by atoms with van der Waals surface area (Å²) in [6.07, 6.45) is 1.73. The summed E-state index contributed by atoms with van der Waals surface area (Å²) in [5.74, 6) is -2.70. The van der Waals surface area contributed by atoms with Gasteiger partial charge in [0.05, 0.1) is 0 Å². The lowest BCUT2D eigenvalue weighted by molar-refractivity contribution is -0.0403. The van der Waals surface area contributed by atoms with Crippen molar-refractivity contribution in [1.29, 1.82) is 0 Å². The van der Waals surface area contributed by atoms with E-state index in [1.807, 2.05) is 6.07 Å². The fourth-order valence-corrected chi connectivity index (χ4v) is 2.36. The smallest absolute Gasteiger partial charge is 0.248 e. The highest BCUT2D eigenvalue weighted by Crippen LogP contribution is 2.32. The Morgan fingerprint density at radius 1 is 1.22 bits per heavy atom. The molecule has 1 N–H and O–H groups in total. The third-order valence-corrected chi connectivity index (χ3v) is 3.45. The van der Waals surface area contributed by atoms with E-state index in [9.17, 15) is 13.2 Å². The maximum Gasteiger partial charge on any atom is 0.248 e. The SMILES string of the molecule is Fc1cccc(CCNC2CCC(F)(F)CC2)c1. The van der Waals surface area contributed by atoms with Crippen molar-refractivity contribution in [3.8, 4) is 0 Å². The molecular formula is C14H18F3N. The Hall–Kier alpha value is -1.03. The Bertz CT molecular complexity index is 382. The van der Waals surface area contributed by atoms with Gasteiger partial charge >= 0.3 is 0 Å². The third kappa shape index (κ3) is 4.02. The molecule has 0 saturated heterocycles. The summed E-state index contributed by atoms with van der Waals surface area (Å²) in [7, 11) is 0. The van der Waals surface area contributed by atoms with Crippen molar-refractivity contribution in [2.24, 2.45) is 0 Å². The number of benzene rings is 1. The van der Waals surface area contributed by atoms with Crippen LogP contribution in [0.15, 0.2) is 24.3 Å². The van der Waals surface area contributed by atoms with Gasteiger partial charge in [-0.25, -0.2) is 13.2 Å². The number of halogens is 3. The van der Waals surface area contributed by atoms with Gasteiger partial charge in [-0.05, 0) is 43.5 Å². The average molecular weight is 257 g/mol. The average Bonchev–Trinajstić information content (AvgIpc) is 2.31. The van der Waals surface area contributed by atoms with E-state index < -0.39 is 5.92 Å². The molecule has 1 fully saturated rings. The van der Waals surface area contributed by atoms with E-state index in [2.05, 4.69) is 5.32 Å². The molecule has 0 aromatic heterocycles. The summed E-state index contributed by atoms with van der Waals surface area (Å²) in [5, 5.41) is 3.27. The molecule has 1 aliphatic rings. The summed E-state index contributed by atoms with van der Waals surface area (Å²) >= 11 is 0. The zero-order valence-corrected chi connectivity index (χ0v) is 10.3. The first-order valence-corrected chi connectivity index (χ1v) is 6.41. The molecule has 0 aliphatic heterocycles. The quantitative estimate of drug-likeness (QED) is 0.870. The van der Waals surface area contributed by atoms with Crippen molar-refractivity contribution in [3.05, 3.63) is 35.6 Å². The van der Waals surface area contributed by atoms with Crippen molar-refractivity contribution in [2.75, 3.05) is 6.54 Å². The molecule has 1 aromatic rings. The number of nitrogens with one attached hydrogen (secondary N) is 1. The Balaban J connectivity index is 1.70. The van der Waals surface area contributed by atoms with Crippen LogP contribution in [0.25, 0.3) is 0 Å². The Kier molecular flexibility index (Phi) is 4.27. The largest absolute Gasteiger partial charge is 0.314 e. The van der Waals surface area contributed by atoms with Crippen molar-refractivity contribution in [1.82, 2.24) is 5.32 Å². The minimum atomic E-state index is -2.47. The van der Waals surface area contributed by atoms with E-state index in [4.69, 9.17) is 0 Å². The van der Waals surface area contributed by atoms with Crippen LogP contribution in [0.1, 0.15) is 31.2 Å². The fraction of sp³-hybridized carbons (Fsp3) is 0.571. The zero-order chi connectivity index (χ0) is 13.0. The molecule has 2 rings (SSSR count). The predicted octanol–water partition coefficient (Wildman–Crippen LogP) is 3.54. The molecule has 1 nitrogen and oxygen atoms in total. The summed E-state index contributed by atoms with van der Waals surface area (Å²) in [6.45, 7) is 0.708. The van der Waals surface area contributed by atoms with E-state index in [0.717, 1.165) is 12.0 Å². The van der Waals surface area contributed by atoms with Gasteiger partial charge in [0.1, 0.15) is 5.82 Å². The maximum absolute atomic E-state index is 12.9. The lowest BCUT2D eigenvalue weighted by Gasteiger charge is -2.28. The number of hydrogen-bond acceptors (Lipinski definition) is 1. The second kappa shape index (κ2) is 5.74. The molecule has 0 bridgehead atoms. The van der Waals surface area contributed by atoms with E-state index >= 15 is 0 Å². The molecule has 18 heavy (non-hydrogen) atoms. The van der Waals surface area contributed by atoms with Crippen molar-refractivity contribution >= 4 is 0 Å². The van der Waals surface area contributed by atoms with Crippen LogP contribution in [0.5, 0.6) is 0 Å². The van der Waals surface area contributed by atoms with E-state index in [-0.39, 0.29) is 24.7 Å². The molecule has 4 heteroatoms. The molecule has 1 saturated carbocycles. The summed E-state index contributed by atoms with van der Waals surface area (Å²) in [4.78, 5) is 0. The van der Waals surface area contributed by atoms with Gasteiger partial charge in [-0.2, -0.15) is 0 Å². The summed E-state index contributed by atoms with van der Waals surface area (Å²) in [6, 6.07) is 6.67. The molecule has 0 amide bonds. The topological polar surface area (TPSA) is 12.0 Å². The first-order valence-electron chi connectivity index (χ1n) is 6.41. The number of alkyl halides is 2. The molecule has 1 aliphatic carbocycles. The molecule has 1 aromatic carbocycles. The van der Waals surface area contributed by atoms with Gasteiger partial charge < -0.3 is 5.32 Å². The molecule has 0 spiro atoms. The van der Waals surface area contributed by atoms with Crippen molar-refractivity contribution in [2.45, 2.75) is 44.1 Å². The normalized spacial score (nSPS) is 19.9. The number of rotatable bonds is 4. The van der Waals surface area contributed by atoms with E-state index in [0.29, 0.717) is 19.4 Å². The minimum absolute atomic E-state index is 0.0232. The first-order chi connectivity index (χ1) is 8.55. The molecular weight excluding hydrogens is 239 g/mol.